The third-order valence-electron chi connectivity index (χ3n) is 5.28. The minimum atomic E-state index is -0.525. The molecule has 3 aromatic carbocycles. The van der Waals surface area contributed by atoms with E-state index in [1.54, 1.807) is 72.8 Å². The van der Waals surface area contributed by atoms with Crippen molar-refractivity contribution in [2.24, 2.45) is 0 Å². The highest BCUT2D eigenvalue weighted by Gasteiger charge is 2.16. The van der Waals surface area contributed by atoms with E-state index in [2.05, 4.69) is 16.0 Å². The first-order valence-corrected chi connectivity index (χ1v) is 13.2. The van der Waals surface area contributed by atoms with E-state index >= 15 is 0 Å². The van der Waals surface area contributed by atoms with Gasteiger partial charge in [-0.05, 0) is 61.5 Å². The van der Waals surface area contributed by atoms with Crippen LogP contribution in [0.15, 0.2) is 112 Å². The third-order valence-corrected chi connectivity index (χ3v) is 6.28. The maximum Gasteiger partial charge on any atom is 0.272 e. The second kappa shape index (κ2) is 13.7. The number of furan rings is 1. The summed E-state index contributed by atoms with van der Waals surface area (Å²) in [7, 11) is 0. The summed E-state index contributed by atoms with van der Waals surface area (Å²) < 4.78 is 10.9. The van der Waals surface area contributed by atoms with Crippen LogP contribution >= 0.6 is 11.8 Å². The van der Waals surface area contributed by atoms with Crippen LogP contribution in [0, 0.1) is 0 Å². The summed E-state index contributed by atoms with van der Waals surface area (Å²) in [5, 5.41) is 8.34. The first kappa shape index (κ1) is 27.3. The summed E-state index contributed by atoms with van der Waals surface area (Å²) in [6, 6.07) is 26.3. The largest absolute Gasteiger partial charge is 0.492 e. The molecule has 0 unspecified atom stereocenters. The lowest BCUT2D eigenvalue weighted by Crippen LogP contribution is -2.30. The van der Waals surface area contributed by atoms with Gasteiger partial charge in [0.25, 0.3) is 11.8 Å². The van der Waals surface area contributed by atoms with Gasteiger partial charge in [-0.15, -0.1) is 11.8 Å². The number of para-hydroxylation sites is 2. The van der Waals surface area contributed by atoms with E-state index in [0.29, 0.717) is 35.1 Å². The van der Waals surface area contributed by atoms with Gasteiger partial charge in [-0.1, -0.05) is 36.4 Å². The minimum Gasteiger partial charge on any atom is -0.492 e. The molecular weight excluding hydrogens is 514 g/mol. The lowest BCUT2D eigenvalue weighted by Gasteiger charge is -2.12. The van der Waals surface area contributed by atoms with Gasteiger partial charge >= 0.3 is 0 Å². The summed E-state index contributed by atoms with van der Waals surface area (Å²) in [6.07, 6.45) is 2.94. The van der Waals surface area contributed by atoms with Crippen molar-refractivity contribution in [3.05, 3.63) is 114 Å². The molecule has 4 rings (SSSR count). The summed E-state index contributed by atoms with van der Waals surface area (Å²) >= 11 is 1.32. The SMILES string of the molecule is CCOc1ccccc1NC(=O)CSc1cccc(NC(=O)/C(=C/c2ccco2)NC(=O)c2ccccc2)c1. The molecule has 0 aliphatic heterocycles. The van der Waals surface area contributed by atoms with E-state index < -0.39 is 11.8 Å². The molecule has 0 bridgehead atoms. The predicted molar refractivity (Wildman–Crippen MR) is 153 cm³/mol. The number of amides is 3. The van der Waals surface area contributed by atoms with Crippen molar-refractivity contribution < 1.29 is 23.5 Å². The molecule has 3 amide bonds. The molecule has 39 heavy (non-hydrogen) atoms. The van der Waals surface area contributed by atoms with Crippen LogP contribution in [-0.2, 0) is 9.59 Å². The van der Waals surface area contributed by atoms with E-state index in [-0.39, 0.29) is 17.4 Å². The lowest BCUT2D eigenvalue weighted by molar-refractivity contribution is -0.114. The van der Waals surface area contributed by atoms with Gasteiger partial charge in [-0.2, -0.15) is 0 Å². The molecule has 0 aliphatic carbocycles. The van der Waals surface area contributed by atoms with Crippen molar-refractivity contribution in [1.82, 2.24) is 5.32 Å². The Kier molecular flexibility index (Phi) is 9.57. The number of hydrogen-bond acceptors (Lipinski definition) is 6. The quantitative estimate of drug-likeness (QED) is 0.163. The van der Waals surface area contributed by atoms with Gasteiger partial charge in [0, 0.05) is 22.2 Å². The fourth-order valence-corrected chi connectivity index (χ4v) is 4.26. The fourth-order valence-electron chi connectivity index (χ4n) is 3.51. The molecule has 0 radical (unpaired) electrons. The van der Waals surface area contributed by atoms with Crippen molar-refractivity contribution in [2.75, 3.05) is 23.0 Å². The first-order chi connectivity index (χ1) is 19.0. The standard InChI is InChI=1S/C30H27N3O5S/c1-2-37-27-16-7-6-15-25(27)32-28(34)20-39-24-14-8-12-22(18-24)31-30(36)26(19-23-13-9-17-38-23)33-29(35)21-10-4-3-5-11-21/h3-19H,2,20H2,1H3,(H,31,36)(H,32,34)(H,33,35)/b26-19-. The molecule has 0 saturated heterocycles. The molecule has 1 heterocycles. The molecule has 0 aliphatic rings. The van der Waals surface area contributed by atoms with Crippen molar-refractivity contribution in [3.63, 3.8) is 0 Å². The van der Waals surface area contributed by atoms with Crippen LogP contribution in [0.2, 0.25) is 0 Å². The van der Waals surface area contributed by atoms with Crippen LogP contribution in [0.25, 0.3) is 6.08 Å². The molecule has 9 heteroatoms. The second-order valence-electron chi connectivity index (χ2n) is 8.14. The molecule has 0 fully saturated rings. The Hall–Kier alpha value is -4.76. The highest BCUT2D eigenvalue weighted by molar-refractivity contribution is 8.00. The number of benzene rings is 3. The lowest BCUT2D eigenvalue weighted by atomic mass is 10.2. The molecule has 1 aromatic heterocycles. The van der Waals surface area contributed by atoms with E-state index in [9.17, 15) is 14.4 Å². The van der Waals surface area contributed by atoms with Crippen LogP contribution in [0.5, 0.6) is 5.75 Å². The highest BCUT2D eigenvalue weighted by atomic mass is 32.2. The minimum absolute atomic E-state index is 0.0178. The van der Waals surface area contributed by atoms with Gasteiger partial charge in [-0.3, -0.25) is 14.4 Å². The van der Waals surface area contributed by atoms with Gasteiger partial charge < -0.3 is 25.1 Å². The molecule has 198 valence electrons. The fraction of sp³-hybridized carbons (Fsp3) is 0.100. The smallest absolute Gasteiger partial charge is 0.272 e. The van der Waals surface area contributed by atoms with Gasteiger partial charge in [0.2, 0.25) is 5.91 Å². The number of rotatable bonds is 11. The Labute approximate surface area is 230 Å². The Morgan fingerprint density at radius 1 is 0.897 bits per heavy atom. The molecule has 8 nitrogen and oxygen atoms in total. The van der Waals surface area contributed by atoms with Crippen LogP contribution in [0.1, 0.15) is 23.0 Å². The summed E-state index contributed by atoms with van der Waals surface area (Å²) in [4.78, 5) is 39.2. The number of ether oxygens (including phenoxy) is 1. The Morgan fingerprint density at radius 3 is 2.46 bits per heavy atom. The van der Waals surface area contributed by atoms with Gasteiger partial charge in [0.05, 0.1) is 24.3 Å². The Morgan fingerprint density at radius 2 is 1.69 bits per heavy atom. The van der Waals surface area contributed by atoms with Gasteiger partial charge in [0.15, 0.2) is 0 Å². The molecule has 0 saturated carbocycles. The number of carbonyl (C=O) groups is 3. The maximum absolute atomic E-state index is 13.2. The predicted octanol–water partition coefficient (Wildman–Crippen LogP) is 5.82. The van der Waals surface area contributed by atoms with Crippen LogP contribution < -0.4 is 20.7 Å². The number of anilines is 2. The monoisotopic (exact) mass is 541 g/mol. The van der Waals surface area contributed by atoms with Crippen LogP contribution in [-0.4, -0.2) is 30.1 Å². The van der Waals surface area contributed by atoms with Crippen molar-refractivity contribution in [2.45, 2.75) is 11.8 Å². The maximum atomic E-state index is 13.2. The topological polar surface area (TPSA) is 110 Å². The van der Waals surface area contributed by atoms with E-state index in [1.807, 2.05) is 25.1 Å². The van der Waals surface area contributed by atoms with E-state index in [1.165, 1.54) is 24.1 Å². The highest BCUT2D eigenvalue weighted by Crippen LogP contribution is 2.26. The average molecular weight is 542 g/mol. The number of nitrogens with one attached hydrogen (secondary N) is 3. The van der Waals surface area contributed by atoms with Crippen molar-refractivity contribution in [1.29, 1.82) is 0 Å². The van der Waals surface area contributed by atoms with Crippen LogP contribution in [0.4, 0.5) is 11.4 Å². The second-order valence-corrected chi connectivity index (χ2v) is 9.19. The van der Waals surface area contributed by atoms with Crippen molar-refractivity contribution >= 4 is 46.9 Å². The number of carbonyl (C=O) groups excluding carboxylic acids is 3. The zero-order valence-electron chi connectivity index (χ0n) is 21.2. The summed E-state index contributed by atoms with van der Waals surface area (Å²) in [5.41, 5.74) is 1.55. The van der Waals surface area contributed by atoms with Crippen molar-refractivity contribution in [3.8, 4) is 5.75 Å². The Balaban J connectivity index is 1.40. The van der Waals surface area contributed by atoms with Gasteiger partial charge in [-0.25, -0.2) is 0 Å². The summed E-state index contributed by atoms with van der Waals surface area (Å²) in [6.45, 7) is 2.38. The average Bonchev–Trinajstić information content (AvgIpc) is 3.47. The molecular formula is C30H27N3O5S. The first-order valence-electron chi connectivity index (χ1n) is 12.2. The molecule has 4 aromatic rings. The zero-order chi connectivity index (χ0) is 27.5. The number of thioether (sulfide) groups is 1. The molecule has 0 spiro atoms. The normalized spacial score (nSPS) is 10.9. The van der Waals surface area contributed by atoms with E-state index in [4.69, 9.17) is 9.15 Å². The zero-order valence-corrected chi connectivity index (χ0v) is 22.0. The molecule has 3 N–H and O–H groups in total. The van der Waals surface area contributed by atoms with Gasteiger partial charge in [0.1, 0.15) is 17.2 Å². The Bertz CT molecular complexity index is 1450. The van der Waals surface area contributed by atoms with E-state index in [0.717, 1.165) is 4.90 Å². The number of hydrogen-bond donors (Lipinski definition) is 3. The molecule has 0 atom stereocenters. The third kappa shape index (κ3) is 8.11. The van der Waals surface area contributed by atoms with Crippen LogP contribution in [0.3, 0.4) is 0 Å². The summed E-state index contributed by atoms with van der Waals surface area (Å²) in [5.74, 6) is 0.0478.